The highest BCUT2D eigenvalue weighted by atomic mass is 32.2. The first kappa shape index (κ1) is 21.3. The van der Waals surface area contributed by atoms with Gasteiger partial charge in [-0.3, -0.25) is 14.5 Å². The standard InChI is InChI=1S/C21H23F2N3O2S2/c1-12-18(13-8-10-26(12)11-9-13)25-20(27)16-6-7-17(30-16)29-15-5-3-2-4-14(15)24-21(28)19(22)23/h2-7,12-13,18-19H,8-11H2,1H3,(H,24,28)(H,25,27)/t12-,18-/m0/s1. The number of nitrogens with one attached hydrogen (secondary N) is 2. The second-order valence-electron chi connectivity index (χ2n) is 7.62. The predicted molar refractivity (Wildman–Crippen MR) is 115 cm³/mol. The molecule has 2 amide bonds. The quantitative estimate of drug-likeness (QED) is 0.687. The maximum absolute atomic E-state index is 12.8. The Hall–Kier alpha value is -1.97. The molecule has 2 N–H and O–H groups in total. The highest BCUT2D eigenvalue weighted by Crippen LogP contribution is 2.38. The van der Waals surface area contributed by atoms with Crippen molar-refractivity contribution in [1.29, 1.82) is 0 Å². The Labute approximate surface area is 182 Å². The lowest BCUT2D eigenvalue weighted by molar-refractivity contribution is -0.126. The van der Waals surface area contributed by atoms with Gasteiger partial charge in [0.25, 0.3) is 11.8 Å². The van der Waals surface area contributed by atoms with E-state index in [1.54, 1.807) is 30.3 Å². The highest BCUT2D eigenvalue weighted by Gasteiger charge is 2.40. The summed E-state index contributed by atoms with van der Waals surface area (Å²) in [6.07, 6.45) is -0.821. The van der Waals surface area contributed by atoms with Gasteiger partial charge in [0.15, 0.2) is 0 Å². The molecule has 0 saturated carbocycles. The minimum absolute atomic E-state index is 0.0725. The van der Waals surface area contributed by atoms with Crippen LogP contribution < -0.4 is 10.6 Å². The van der Waals surface area contributed by atoms with E-state index >= 15 is 0 Å². The summed E-state index contributed by atoms with van der Waals surface area (Å²) >= 11 is 2.69. The zero-order chi connectivity index (χ0) is 21.3. The molecule has 4 heterocycles. The SMILES string of the molecule is C[C@H]1[C@H](NC(=O)c2ccc(Sc3ccccc3NC(=O)C(F)F)s2)C2CCN1CC2. The molecule has 0 spiro atoms. The van der Waals surface area contributed by atoms with Crippen LogP contribution in [0.1, 0.15) is 29.4 Å². The van der Waals surface area contributed by atoms with Crippen LogP contribution >= 0.6 is 23.1 Å². The van der Waals surface area contributed by atoms with Crippen LogP contribution in [0, 0.1) is 5.92 Å². The van der Waals surface area contributed by atoms with Crippen LogP contribution in [0.4, 0.5) is 14.5 Å². The Bertz CT molecular complexity index is 926. The molecule has 3 fully saturated rings. The third kappa shape index (κ3) is 4.53. The summed E-state index contributed by atoms with van der Waals surface area (Å²) in [7, 11) is 0. The molecule has 1 aromatic carbocycles. The summed E-state index contributed by atoms with van der Waals surface area (Å²) in [5, 5.41) is 5.47. The normalized spacial score (nSPS) is 25.3. The zero-order valence-electron chi connectivity index (χ0n) is 16.4. The number of halogens is 2. The molecule has 3 saturated heterocycles. The Balaban J connectivity index is 1.42. The van der Waals surface area contributed by atoms with Crippen molar-refractivity contribution in [2.24, 2.45) is 5.92 Å². The van der Waals surface area contributed by atoms with Crippen molar-refractivity contribution < 1.29 is 18.4 Å². The van der Waals surface area contributed by atoms with Gasteiger partial charge in [0.1, 0.15) is 0 Å². The van der Waals surface area contributed by atoms with E-state index in [9.17, 15) is 18.4 Å². The maximum atomic E-state index is 12.8. The fourth-order valence-electron chi connectivity index (χ4n) is 4.22. The minimum Gasteiger partial charge on any atom is -0.347 e. The lowest BCUT2D eigenvalue weighted by Crippen LogP contribution is -2.62. The van der Waals surface area contributed by atoms with Gasteiger partial charge in [0, 0.05) is 17.0 Å². The number of anilines is 1. The fraction of sp³-hybridized carbons (Fsp3) is 0.429. The van der Waals surface area contributed by atoms with Crippen molar-refractivity contribution in [3.63, 3.8) is 0 Å². The van der Waals surface area contributed by atoms with Crippen LogP contribution in [0.5, 0.6) is 0 Å². The van der Waals surface area contributed by atoms with Crippen molar-refractivity contribution >= 4 is 40.6 Å². The second-order valence-corrected chi connectivity index (χ2v) is 10.0. The predicted octanol–water partition coefficient (Wildman–Crippen LogP) is 4.32. The number of carbonyl (C=O) groups is 2. The molecule has 3 aliphatic heterocycles. The van der Waals surface area contributed by atoms with Gasteiger partial charge in [-0.1, -0.05) is 23.9 Å². The molecular formula is C21H23F2N3O2S2. The van der Waals surface area contributed by atoms with E-state index < -0.39 is 12.3 Å². The van der Waals surface area contributed by atoms with Gasteiger partial charge in [0.05, 0.1) is 14.8 Å². The fourth-order valence-corrected chi connectivity index (χ4v) is 6.29. The van der Waals surface area contributed by atoms with E-state index in [4.69, 9.17) is 0 Å². The highest BCUT2D eigenvalue weighted by molar-refractivity contribution is 8.01. The van der Waals surface area contributed by atoms with Crippen LogP contribution in [-0.4, -0.2) is 48.3 Å². The Morgan fingerprint density at radius 3 is 2.60 bits per heavy atom. The lowest BCUT2D eigenvalue weighted by atomic mass is 9.79. The van der Waals surface area contributed by atoms with E-state index in [1.807, 2.05) is 6.07 Å². The number of fused-ring (bicyclic) bond motifs is 3. The summed E-state index contributed by atoms with van der Waals surface area (Å²) in [6, 6.07) is 10.9. The van der Waals surface area contributed by atoms with E-state index in [0.29, 0.717) is 27.4 Å². The van der Waals surface area contributed by atoms with Crippen molar-refractivity contribution in [3.8, 4) is 0 Å². The minimum atomic E-state index is -3.08. The van der Waals surface area contributed by atoms with Gasteiger partial charge < -0.3 is 10.6 Å². The molecule has 5 rings (SSSR count). The van der Waals surface area contributed by atoms with E-state index in [-0.39, 0.29) is 11.9 Å². The molecule has 0 aliphatic carbocycles. The molecule has 1 aromatic heterocycles. The lowest BCUT2D eigenvalue weighted by Gasteiger charge is -2.49. The molecule has 0 radical (unpaired) electrons. The van der Waals surface area contributed by atoms with Crippen LogP contribution in [0.25, 0.3) is 0 Å². The number of hydrogen-bond donors (Lipinski definition) is 2. The third-order valence-corrected chi connectivity index (χ3v) is 8.13. The van der Waals surface area contributed by atoms with Crippen molar-refractivity contribution in [1.82, 2.24) is 10.2 Å². The Morgan fingerprint density at radius 2 is 1.90 bits per heavy atom. The molecule has 2 aromatic rings. The maximum Gasteiger partial charge on any atom is 0.315 e. The monoisotopic (exact) mass is 451 g/mol. The Morgan fingerprint density at radius 1 is 1.17 bits per heavy atom. The first-order valence-corrected chi connectivity index (χ1v) is 11.6. The number of carbonyl (C=O) groups excluding carboxylic acids is 2. The van der Waals surface area contributed by atoms with Gasteiger partial charge in [-0.2, -0.15) is 8.78 Å². The summed E-state index contributed by atoms with van der Waals surface area (Å²) in [5.74, 6) is -0.870. The molecule has 5 nitrogen and oxygen atoms in total. The summed E-state index contributed by atoms with van der Waals surface area (Å²) < 4.78 is 26.0. The molecule has 3 aliphatic rings. The van der Waals surface area contributed by atoms with E-state index in [1.165, 1.54) is 23.1 Å². The zero-order valence-corrected chi connectivity index (χ0v) is 18.1. The number of piperidine rings is 3. The molecule has 160 valence electrons. The summed E-state index contributed by atoms with van der Waals surface area (Å²) in [6.45, 7) is 4.40. The molecular weight excluding hydrogens is 428 g/mol. The number of hydrogen-bond acceptors (Lipinski definition) is 5. The first-order valence-electron chi connectivity index (χ1n) is 9.93. The number of nitrogens with zero attached hydrogens (tertiary/aromatic N) is 1. The Kier molecular flexibility index (Phi) is 6.40. The second kappa shape index (κ2) is 9.03. The summed E-state index contributed by atoms with van der Waals surface area (Å²) in [5.41, 5.74) is 0.327. The molecule has 0 unspecified atom stereocenters. The smallest absolute Gasteiger partial charge is 0.315 e. The average molecular weight is 452 g/mol. The van der Waals surface area contributed by atoms with Gasteiger partial charge in [-0.15, -0.1) is 11.3 Å². The number of alkyl halides is 2. The number of para-hydroxylation sites is 1. The number of benzene rings is 1. The summed E-state index contributed by atoms with van der Waals surface area (Å²) in [4.78, 5) is 27.9. The molecule has 30 heavy (non-hydrogen) atoms. The number of thiophene rings is 1. The van der Waals surface area contributed by atoms with Gasteiger partial charge in [0.2, 0.25) is 0 Å². The van der Waals surface area contributed by atoms with Gasteiger partial charge in [-0.05, 0) is 63.0 Å². The average Bonchev–Trinajstić information content (AvgIpc) is 3.21. The number of rotatable bonds is 6. The van der Waals surface area contributed by atoms with Crippen molar-refractivity contribution in [2.45, 2.75) is 47.4 Å². The van der Waals surface area contributed by atoms with Crippen molar-refractivity contribution in [2.75, 3.05) is 18.4 Å². The first-order chi connectivity index (χ1) is 14.4. The van der Waals surface area contributed by atoms with Crippen LogP contribution in [0.15, 0.2) is 45.5 Å². The largest absolute Gasteiger partial charge is 0.347 e. The molecule has 2 atom stereocenters. The van der Waals surface area contributed by atoms with Crippen LogP contribution in [-0.2, 0) is 4.79 Å². The van der Waals surface area contributed by atoms with Gasteiger partial charge >= 0.3 is 6.43 Å². The van der Waals surface area contributed by atoms with Crippen LogP contribution in [0.2, 0.25) is 0 Å². The molecule has 2 bridgehead atoms. The molecule has 9 heteroatoms. The van der Waals surface area contributed by atoms with Gasteiger partial charge in [-0.25, -0.2) is 0 Å². The van der Waals surface area contributed by atoms with Crippen molar-refractivity contribution in [3.05, 3.63) is 41.3 Å². The topological polar surface area (TPSA) is 61.4 Å². The number of amides is 2. The van der Waals surface area contributed by atoms with Crippen LogP contribution in [0.3, 0.4) is 0 Å². The third-order valence-electron chi connectivity index (χ3n) is 5.83. The van der Waals surface area contributed by atoms with E-state index in [2.05, 4.69) is 22.5 Å². The van der Waals surface area contributed by atoms with E-state index in [0.717, 1.165) is 30.1 Å².